The van der Waals surface area contributed by atoms with Crippen molar-refractivity contribution in [2.24, 2.45) is 0 Å². The van der Waals surface area contributed by atoms with Gasteiger partial charge >= 0.3 is 0 Å². The van der Waals surface area contributed by atoms with E-state index in [1.54, 1.807) is 0 Å². The summed E-state index contributed by atoms with van der Waals surface area (Å²) in [6.07, 6.45) is 1.82. The lowest BCUT2D eigenvalue weighted by molar-refractivity contribution is 0.670. The summed E-state index contributed by atoms with van der Waals surface area (Å²) in [5, 5.41) is 4.78. The third-order valence-corrected chi connectivity index (χ3v) is 11.8. The number of hydrogen-bond acceptors (Lipinski definition) is 5. The number of nitrogens with zero attached hydrogens (tertiary/aromatic N) is 3. The second-order valence-electron chi connectivity index (χ2n) is 13.9. The molecule has 5 heteroatoms. The Morgan fingerprint density at radius 3 is 1.88 bits per heavy atom. The van der Waals surface area contributed by atoms with Crippen LogP contribution in [-0.4, -0.2) is 15.0 Å². The molecule has 0 radical (unpaired) electrons. The molecule has 56 heavy (non-hydrogen) atoms. The molecule has 262 valence electrons. The van der Waals surface area contributed by atoms with E-state index in [0.29, 0.717) is 5.82 Å². The molecule has 0 unspecified atom stereocenters. The molecule has 0 fully saturated rings. The van der Waals surface area contributed by atoms with Crippen molar-refractivity contribution in [2.45, 2.75) is 0 Å². The Kier molecular flexibility index (Phi) is 7.64. The van der Waals surface area contributed by atoms with Crippen molar-refractivity contribution in [3.8, 4) is 67.4 Å². The minimum absolute atomic E-state index is 0.655. The van der Waals surface area contributed by atoms with Crippen LogP contribution in [-0.2, 0) is 0 Å². The van der Waals surface area contributed by atoms with Crippen LogP contribution in [0.3, 0.4) is 0 Å². The minimum Gasteiger partial charge on any atom is -0.455 e. The number of furan rings is 1. The van der Waals surface area contributed by atoms with Gasteiger partial charge in [-0.3, -0.25) is 4.98 Å². The van der Waals surface area contributed by atoms with E-state index in [0.717, 1.165) is 78.0 Å². The number of benzene rings is 7. The van der Waals surface area contributed by atoms with Gasteiger partial charge in [0.2, 0.25) is 0 Å². The molecule has 11 aromatic rings. The van der Waals surface area contributed by atoms with Crippen molar-refractivity contribution in [1.82, 2.24) is 15.0 Å². The van der Waals surface area contributed by atoms with Gasteiger partial charge in [0.25, 0.3) is 0 Å². The Morgan fingerprint density at radius 2 is 1.05 bits per heavy atom. The first-order valence-corrected chi connectivity index (χ1v) is 19.5. The van der Waals surface area contributed by atoms with E-state index in [1.165, 1.54) is 25.7 Å². The molecule has 0 atom stereocenters. The number of para-hydroxylation sites is 1. The number of rotatable bonds is 6. The molecule has 0 saturated carbocycles. The van der Waals surface area contributed by atoms with E-state index >= 15 is 0 Å². The number of thiophene rings is 1. The molecule has 0 aliphatic heterocycles. The van der Waals surface area contributed by atoms with Gasteiger partial charge in [0.15, 0.2) is 5.82 Å². The van der Waals surface area contributed by atoms with Crippen molar-refractivity contribution >= 4 is 53.4 Å². The average molecular weight is 734 g/mol. The maximum atomic E-state index is 6.75. The Labute approximate surface area is 327 Å². The molecule has 0 saturated heterocycles. The zero-order valence-corrected chi connectivity index (χ0v) is 30.9. The molecule has 7 aromatic carbocycles. The van der Waals surface area contributed by atoms with E-state index in [9.17, 15) is 0 Å². The molecule has 0 bridgehead atoms. The lowest BCUT2D eigenvalue weighted by Crippen LogP contribution is -1.98. The third kappa shape index (κ3) is 5.40. The highest BCUT2D eigenvalue weighted by molar-refractivity contribution is 7.26. The summed E-state index contributed by atoms with van der Waals surface area (Å²) in [4.78, 5) is 15.0. The number of fused-ring (bicyclic) bond motifs is 6. The predicted octanol–water partition coefficient (Wildman–Crippen LogP) is 14.1. The summed E-state index contributed by atoms with van der Waals surface area (Å²) < 4.78 is 9.31. The molecular formula is C51H31N3OS. The van der Waals surface area contributed by atoms with Crippen molar-refractivity contribution < 1.29 is 4.42 Å². The van der Waals surface area contributed by atoms with Crippen LogP contribution in [0.5, 0.6) is 0 Å². The van der Waals surface area contributed by atoms with E-state index < -0.39 is 0 Å². The van der Waals surface area contributed by atoms with Gasteiger partial charge in [0.05, 0.1) is 17.1 Å². The van der Waals surface area contributed by atoms with E-state index in [-0.39, 0.29) is 0 Å². The molecule has 0 aliphatic rings. The lowest BCUT2D eigenvalue weighted by atomic mass is 9.93. The van der Waals surface area contributed by atoms with Gasteiger partial charge < -0.3 is 4.42 Å². The van der Waals surface area contributed by atoms with Crippen LogP contribution < -0.4 is 0 Å². The monoisotopic (exact) mass is 733 g/mol. The van der Waals surface area contributed by atoms with Crippen LogP contribution in [0.2, 0.25) is 0 Å². The van der Waals surface area contributed by atoms with Gasteiger partial charge in [-0.05, 0) is 47.5 Å². The number of hydrogen-bond donors (Lipinski definition) is 0. The van der Waals surface area contributed by atoms with Crippen molar-refractivity contribution in [1.29, 1.82) is 0 Å². The molecular weight excluding hydrogens is 703 g/mol. The van der Waals surface area contributed by atoms with Crippen molar-refractivity contribution in [3.05, 3.63) is 188 Å². The average Bonchev–Trinajstić information content (AvgIpc) is 3.86. The number of pyridine rings is 1. The van der Waals surface area contributed by atoms with Gasteiger partial charge in [-0.25, -0.2) is 9.97 Å². The highest BCUT2D eigenvalue weighted by atomic mass is 32.1. The Morgan fingerprint density at radius 1 is 0.411 bits per heavy atom. The van der Waals surface area contributed by atoms with E-state index in [4.69, 9.17) is 14.4 Å². The van der Waals surface area contributed by atoms with Gasteiger partial charge in [0, 0.05) is 70.5 Å². The second-order valence-corrected chi connectivity index (χ2v) is 15.0. The largest absolute Gasteiger partial charge is 0.455 e. The molecule has 4 heterocycles. The van der Waals surface area contributed by atoms with Crippen LogP contribution in [0.15, 0.2) is 193 Å². The molecule has 0 N–H and O–H groups in total. The first-order chi connectivity index (χ1) is 27.8. The number of aromatic nitrogens is 3. The van der Waals surface area contributed by atoms with Gasteiger partial charge in [-0.15, -0.1) is 11.3 Å². The van der Waals surface area contributed by atoms with E-state index in [2.05, 4.69) is 132 Å². The van der Waals surface area contributed by atoms with Gasteiger partial charge in [-0.1, -0.05) is 146 Å². The molecule has 11 rings (SSSR count). The summed E-state index contributed by atoms with van der Waals surface area (Å²) in [5.41, 5.74) is 12.9. The fourth-order valence-electron chi connectivity index (χ4n) is 7.96. The standard InChI is InChI=1S/C51H31N3OS/c1-2-13-33(14-3-1)44-31-45(54-51(53-44)41-17-5-4-15-36(41)43-21-10-11-30-52-43)34-26-24-32(25-27-34)35-28-29-38(49-48(35)42-18-6-8-22-46(42)55-49)40-20-12-19-39-37-16-7-9-23-47(37)56-50(39)40/h1-31H. The first kappa shape index (κ1) is 32.2. The molecule has 0 amide bonds. The zero-order valence-electron chi connectivity index (χ0n) is 30.1. The molecule has 0 spiro atoms. The molecule has 4 nitrogen and oxygen atoms in total. The van der Waals surface area contributed by atoms with Gasteiger partial charge in [0.1, 0.15) is 11.2 Å². The maximum absolute atomic E-state index is 6.75. The topological polar surface area (TPSA) is 51.8 Å². The maximum Gasteiger partial charge on any atom is 0.161 e. The summed E-state index contributed by atoms with van der Waals surface area (Å²) in [7, 11) is 0. The summed E-state index contributed by atoms with van der Waals surface area (Å²) in [5.74, 6) is 0.655. The van der Waals surface area contributed by atoms with Crippen LogP contribution in [0, 0.1) is 0 Å². The Hall–Kier alpha value is -7.21. The third-order valence-electron chi connectivity index (χ3n) is 10.6. The van der Waals surface area contributed by atoms with Crippen LogP contribution in [0.4, 0.5) is 0 Å². The molecule has 0 aliphatic carbocycles. The highest BCUT2D eigenvalue weighted by Crippen LogP contribution is 2.46. The smallest absolute Gasteiger partial charge is 0.161 e. The summed E-state index contributed by atoms with van der Waals surface area (Å²) >= 11 is 1.84. The van der Waals surface area contributed by atoms with Crippen LogP contribution in [0.1, 0.15) is 0 Å². The van der Waals surface area contributed by atoms with Crippen molar-refractivity contribution in [2.75, 3.05) is 0 Å². The predicted molar refractivity (Wildman–Crippen MR) is 233 cm³/mol. The van der Waals surface area contributed by atoms with Crippen molar-refractivity contribution in [3.63, 3.8) is 0 Å². The summed E-state index contributed by atoms with van der Waals surface area (Å²) in [6, 6.07) is 63.4. The van der Waals surface area contributed by atoms with E-state index in [1.807, 2.05) is 72.1 Å². The van der Waals surface area contributed by atoms with Crippen LogP contribution >= 0.6 is 11.3 Å². The first-order valence-electron chi connectivity index (χ1n) is 18.7. The van der Waals surface area contributed by atoms with Gasteiger partial charge in [-0.2, -0.15) is 0 Å². The Balaban J connectivity index is 1.05. The normalized spacial score (nSPS) is 11.6. The highest BCUT2D eigenvalue weighted by Gasteiger charge is 2.20. The fourth-order valence-corrected chi connectivity index (χ4v) is 9.19. The minimum atomic E-state index is 0.655. The zero-order chi connectivity index (χ0) is 37.0. The lowest BCUT2D eigenvalue weighted by Gasteiger charge is -2.13. The Bertz CT molecular complexity index is 3240. The SMILES string of the molecule is c1ccc(-c2cc(-c3ccc(-c4ccc(-c5cccc6c5sc5ccccc56)c5oc6ccccc6c45)cc3)nc(-c3ccccc3-c3ccccn3)n2)cc1. The molecule has 4 aromatic heterocycles. The fraction of sp³-hybridized carbons (Fsp3) is 0. The quantitative estimate of drug-likeness (QED) is 0.171. The summed E-state index contributed by atoms with van der Waals surface area (Å²) in [6.45, 7) is 0. The van der Waals surface area contributed by atoms with Crippen LogP contribution in [0.25, 0.3) is 110 Å². The second kappa shape index (κ2) is 13.3.